The fraction of sp³-hybridized carbons (Fsp3) is 0.263. The standard InChI is InChI=1S/C19H20N4O2.ClH/c24-19(17-12-25-10-9-20-17)21-11-14-5-7-15(8-6-14)23-13-22-16-3-1-2-4-18(16)23;/h1-8,13,17,20H,9-12H2,(H,21,24);1H. The van der Waals surface area contributed by atoms with Crippen LogP contribution in [0, 0.1) is 0 Å². The highest BCUT2D eigenvalue weighted by Gasteiger charge is 2.20. The Morgan fingerprint density at radius 1 is 1.23 bits per heavy atom. The van der Waals surface area contributed by atoms with Crippen molar-refractivity contribution in [3.8, 4) is 5.69 Å². The minimum absolute atomic E-state index is 0. The zero-order valence-electron chi connectivity index (χ0n) is 14.2. The van der Waals surface area contributed by atoms with Crippen molar-refractivity contribution < 1.29 is 9.53 Å². The number of imidazole rings is 1. The van der Waals surface area contributed by atoms with Crippen LogP contribution < -0.4 is 10.6 Å². The first-order valence-corrected chi connectivity index (χ1v) is 8.41. The molecule has 1 amide bonds. The van der Waals surface area contributed by atoms with Gasteiger partial charge < -0.3 is 15.4 Å². The maximum absolute atomic E-state index is 12.1. The predicted molar refractivity (Wildman–Crippen MR) is 103 cm³/mol. The lowest BCUT2D eigenvalue weighted by atomic mass is 10.2. The van der Waals surface area contributed by atoms with E-state index < -0.39 is 0 Å². The maximum Gasteiger partial charge on any atom is 0.239 e. The van der Waals surface area contributed by atoms with E-state index in [-0.39, 0.29) is 24.4 Å². The van der Waals surface area contributed by atoms with Gasteiger partial charge in [0.15, 0.2) is 0 Å². The molecule has 7 heteroatoms. The average molecular weight is 373 g/mol. The highest BCUT2D eigenvalue weighted by Crippen LogP contribution is 2.18. The molecule has 0 aliphatic carbocycles. The Balaban J connectivity index is 0.00000196. The first-order chi connectivity index (χ1) is 12.3. The van der Waals surface area contributed by atoms with Crippen molar-refractivity contribution in [1.29, 1.82) is 0 Å². The molecule has 6 nitrogen and oxygen atoms in total. The molecule has 1 atom stereocenters. The van der Waals surface area contributed by atoms with Crippen LogP contribution >= 0.6 is 12.4 Å². The number of para-hydroxylation sites is 2. The summed E-state index contributed by atoms with van der Waals surface area (Å²) in [6.45, 7) is 2.31. The van der Waals surface area contributed by atoms with Gasteiger partial charge in [-0.15, -0.1) is 12.4 Å². The summed E-state index contributed by atoms with van der Waals surface area (Å²) in [5.41, 5.74) is 4.15. The summed E-state index contributed by atoms with van der Waals surface area (Å²) < 4.78 is 7.37. The number of carbonyl (C=O) groups excluding carboxylic acids is 1. The first-order valence-electron chi connectivity index (χ1n) is 8.41. The van der Waals surface area contributed by atoms with Gasteiger partial charge in [0.25, 0.3) is 0 Å². The normalized spacial score (nSPS) is 16.8. The lowest BCUT2D eigenvalue weighted by Crippen LogP contribution is -2.51. The van der Waals surface area contributed by atoms with E-state index in [2.05, 4.69) is 26.3 Å². The van der Waals surface area contributed by atoms with Crippen molar-refractivity contribution in [2.24, 2.45) is 0 Å². The summed E-state index contributed by atoms with van der Waals surface area (Å²) in [6.07, 6.45) is 1.83. The van der Waals surface area contributed by atoms with E-state index in [1.165, 1.54) is 0 Å². The molecular weight excluding hydrogens is 352 g/mol. The SMILES string of the molecule is Cl.O=C(NCc1ccc(-n2cnc3ccccc32)cc1)C1COCCN1. The largest absolute Gasteiger partial charge is 0.378 e. The summed E-state index contributed by atoms with van der Waals surface area (Å²) in [6, 6.07) is 15.9. The lowest BCUT2D eigenvalue weighted by Gasteiger charge is -2.22. The van der Waals surface area contributed by atoms with Crippen molar-refractivity contribution in [2.45, 2.75) is 12.6 Å². The van der Waals surface area contributed by atoms with Gasteiger partial charge in [0, 0.05) is 18.8 Å². The van der Waals surface area contributed by atoms with Crippen LogP contribution in [-0.2, 0) is 16.1 Å². The van der Waals surface area contributed by atoms with Gasteiger partial charge in [0.05, 0.1) is 24.2 Å². The third-order valence-electron chi connectivity index (χ3n) is 4.37. The molecular formula is C19H21ClN4O2. The molecule has 1 unspecified atom stereocenters. The number of benzene rings is 2. The number of fused-ring (bicyclic) bond motifs is 1. The van der Waals surface area contributed by atoms with Crippen LogP contribution in [0.4, 0.5) is 0 Å². The zero-order chi connectivity index (χ0) is 17.1. The summed E-state index contributed by atoms with van der Waals surface area (Å²) in [5, 5.41) is 6.10. The van der Waals surface area contributed by atoms with Gasteiger partial charge in [0.2, 0.25) is 5.91 Å². The van der Waals surface area contributed by atoms with Crippen molar-refractivity contribution >= 4 is 29.3 Å². The summed E-state index contributed by atoms with van der Waals surface area (Å²) in [7, 11) is 0. The third kappa shape index (κ3) is 3.88. The molecule has 2 N–H and O–H groups in total. The molecule has 0 saturated carbocycles. The number of aromatic nitrogens is 2. The highest BCUT2D eigenvalue weighted by molar-refractivity contribution is 5.85. The monoisotopic (exact) mass is 372 g/mol. The van der Waals surface area contributed by atoms with Crippen LogP contribution in [0.15, 0.2) is 54.9 Å². The molecule has 2 heterocycles. The van der Waals surface area contributed by atoms with Crippen molar-refractivity contribution in [3.05, 3.63) is 60.4 Å². The van der Waals surface area contributed by atoms with E-state index in [4.69, 9.17) is 4.74 Å². The smallest absolute Gasteiger partial charge is 0.239 e. The molecule has 3 aromatic rings. The lowest BCUT2D eigenvalue weighted by molar-refractivity contribution is -0.126. The van der Waals surface area contributed by atoms with Crippen LogP contribution in [-0.4, -0.2) is 41.3 Å². The molecule has 1 aliphatic heterocycles. The molecule has 0 radical (unpaired) electrons. The predicted octanol–water partition coefficient (Wildman–Crippen LogP) is 2.05. The molecule has 26 heavy (non-hydrogen) atoms. The molecule has 2 aromatic carbocycles. The Hall–Kier alpha value is -2.41. The molecule has 136 valence electrons. The number of amides is 1. The fourth-order valence-electron chi connectivity index (χ4n) is 2.99. The second-order valence-electron chi connectivity index (χ2n) is 6.07. The van der Waals surface area contributed by atoms with E-state index in [1.54, 1.807) is 0 Å². The second kappa shape index (κ2) is 8.31. The van der Waals surface area contributed by atoms with Crippen LogP contribution in [0.25, 0.3) is 16.7 Å². The van der Waals surface area contributed by atoms with Crippen LogP contribution in [0.1, 0.15) is 5.56 Å². The van der Waals surface area contributed by atoms with Crippen molar-refractivity contribution in [2.75, 3.05) is 19.8 Å². The number of hydrogen-bond acceptors (Lipinski definition) is 4. The molecule has 0 bridgehead atoms. The molecule has 1 saturated heterocycles. The number of nitrogens with zero attached hydrogens (tertiary/aromatic N) is 2. The van der Waals surface area contributed by atoms with Gasteiger partial charge in [-0.1, -0.05) is 24.3 Å². The Bertz CT molecular complexity index is 873. The van der Waals surface area contributed by atoms with E-state index in [0.29, 0.717) is 26.3 Å². The summed E-state index contributed by atoms with van der Waals surface area (Å²) in [5.74, 6) is -0.0237. The van der Waals surface area contributed by atoms with Crippen LogP contribution in [0.3, 0.4) is 0 Å². The van der Waals surface area contributed by atoms with Gasteiger partial charge in [-0.2, -0.15) is 0 Å². The Morgan fingerprint density at radius 2 is 2.04 bits per heavy atom. The maximum atomic E-state index is 12.1. The van der Waals surface area contributed by atoms with Gasteiger partial charge >= 0.3 is 0 Å². The Labute approximate surface area is 158 Å². The Kier molecular flexibility index (Phi) is 5.88. The minimum Gasteiger partial charge on any atom is -0.378 e. The molecule has 1 aliphatic rings. The van der Waals surface area contributed by atoms with Gasteiger partial charge in [-0.05, 0) is 29.8 Å². The topological polar surface area (TPSA) is 68.2 Å². The second-order valence-corrected chi connectivity index (χ2v) is 6.07. The van der Waals surface area contributed by atoms with Gasteiger partial charge in [-0.3, -0.25) is 9.36 Å². The Morgan fingerprint density at radius 3 is 2.81 bits per heavy atom. The van der Waals surface area contributed by atoms with E-state index in [1.807, 2.05) is 48.8 Å². The van der Waals surface area contributed by atoms with Gasteiger partial charge in [-0.25, -0.2) is 4.98 Å². The number of halogens is 1. The third-order valence-corrected chi connectivity index (χ3v) is 4.37. The number of morpholine rings is 1. The highest BCUT2D eigenvalue weighted by atomic mass is 35.5. The summed E-state index contributed by atoms with van der Waals surface area (Å²) in [4.78, 5) is 16.5. The molecule has 1 fully saturated rings. The van der Waals surface area contributed by atoms with E-state index >= 15 is 0 Å². The zero-order valence-corrected chi connectivity index (χ0v) is 15.0. The van der Waals surface area contributed by atoms with Gasteiger partial charge in [0.1, 0.15) is 12.4 Å². The summed E-state index contributed by atoms with van der Waals surface area (Å²) >= 11 is 0. The number of rotatable bonds is 4. The van der Waals surface area contributed by atoms with Crippen LogP contribution in [0.5, 0.6) is 0 Å². The van der Waals surface area contributed by atoms with Crippen LogP contribution in [0.2, 0.25) is 0 Å². The molecule has 1 aromatic heterocycles. The number of carbonyl (C=O) groups is 1. The number of ether oxygens (including phenoxy) is 1. The first kappa shape index (κ1) is 18.4. The minimum atomic E-state index is -0.259. The quantitative estimate of drug-likeness (QED) is 0.735. The molecule has 0 spiro atoms. The van der Waals surface area contributed by atoms with E-state index in [9.17, 15) is 4.79 Å². The number of hydrogen-bond donors (Lipinski definition) is 2. The molecule has 4 rings (SSSR count). The van der Waals surface area contributed by atoms with E-state index in [0.717, 1.165) is 22.3 Å². The number of nitrogens with one attached hydrogen (secondary N) is 2. The average Bonchev–Trinajstić information content (AvgIpc) is 3.11. The van der Waals surface area contributed by atoms with Crippen molar-refractivity contribution in [1.82, 2.24) is 20.2 Å². The van der Waals surface area contributed by atoms with Crippen molar-refractivity contribution in [3.63, 3.8) is 0 Å². The fourth-order valence-corrected chi connectivity index (χ4v) is 2.99.